The highest BCUT2D eigenvalue weighted by Crippen LogP contribution is 2.73. The Morgan fingerprint density at radius 1 is 0.972 bits per heavy atom. The summed E-state index contributed by atoms with van der Waals surface area (Å²) >= 11 is 0. The SMILES string of the molecule is COC(=O)[C@@H]1[C@@]2(C)[C@H](O)C(=O)[C@@H]3C(C)(C)C(=O)CC[C@@]3(C)[C@@H]2C[C@@]2(C)O[C@](C)(C(=O)OC)C(=O)[C@@]12C. The summed E-state index contributed by atoms with van der Waals surface area (Å²) in [4.78, 5) is 67.4. The number of hydrogen-bond acceptors (Lipinski definition) is 9. The number of aliphatic hydroxyl groups is 1. The van der Waals surface area contributed by atoms with Crippen LogP contribution in [0.1, 0.15) is 67.7 Å². The molecule has 1 saturated heterocycles. The van der Waals surface area contributed by atoms with Crippen LogP contribution in [0.5, 0.6) is 0 Å². The summed E-state index contributed by atoms with van der Waals surface area (Å²) in [6.07, 6.45) is -0.796. The van der Waals surface area contributed by atoms with Crippen molar-refractivity contribution in [2.45, 2.75) is 85.0 Å². The minimum Gasteiger partial charge on any atom is -0.469 e. The molecule has 36 heavy (non-hydrogen) atoms. The molecule has 1 heterocycles. The van der Waals surface area contributed by atoms with Crippen LogP contribution in [-0.4, -0.2) is 65.9 Å². The van der Waals surface area contributed by atoms with E-state index in [4.69, 9.17) is 14.2 Å². The Bertz CT molecular complexity index is 1080. The number of Topliss-reactive ketones (excluding diaryl/α,β-unsaturated/α-hetero) is 3. The smallest absolute Gasteiger partial charge is 0.345 e. The second kappa shape index (κ2) is 7.47. The molecule has 3 saturated carbocycles. The Hall–Kier alpha value is -2.13. The van der Waals surface area contributed by atoms with Crippen LogP contribution in [-0.2, 0) is 38.2 Å². The van der Waals surface area contributed by atoms with Gasteiger partial charge in [0.1, 0.15) is 11.9 Å². The summed E-state index contributed by atoms with van der Waals surface area (Å²) in [5, 5.41) is 11.7. The van der Waals surface area contributed by atoms with E-state index in [2.05, 4.69) is 0 Å². The van der Waals surface area contributed by atoms with Gasteiger partial charge in [-0.25, -0.2) is 4.79 Å². The summed E-state index contributed by atoms with van der Waals surface area (Å²) in [5.74, 6) is -5.43. The van der Waals surface area contributed by atoms with E-state index in [1.54, 1.807) is 34.6 Å². The molecule has 9 atom stereocenters. The van der Waals surface area contributed by atoms with E-state index in [9.17, 15) is 29.1 Å². The van der Waals surface area contributed by atoms with Gasteiger partial charge in [0, 0.05) is 23.2 Å². The van der Waals surface area contributed by atoms with Gasteiger partial charge in [0.15, 0.2) is 11.6 Å². The second-order valence-corrected chi connectivity index (χ2v) is 12.9. The number of fused-ring (bicyclic) bond motifs is 4. The Labute approximate surface area is 211 Å². The van der Waals surface area contributed by atoms with Crippen molar-refractivity contribution in [1.82, 2.24) is 0 Å². The fourth-order valence-corrected chi connectivity index (χ4v) is 9.05. The lowest BCUT2D eigenvalue weighted by atomic mass is 9.34. The fourth-order valence-electron chi connectivity index (χ4n) is 9.05. The maximum Gasteiger partial charge on any atom is 0.345 e. The first-order valence-corrected chi connectivity index (χ1v) is 12.5. The van der Waals surface area contributed by atoms with Gasteiger partial charge in [-0.05, 0) is 44.9 Å². The number of carbonyl (C=O) groups is 5. The first kappa shape index (κ1) is 26.9. The lowest BCUT2D eigenvalue weighted by Crippen LogP contribution is -2.75. The van der Waals surface area contributed by atoms with Crippen LogP contribution >= 0.6 is 0 Å². The molecule has 4 fully saturated rings. The Kier molecular flexibility index (Phi) is 5.58. The molecule has 0 amide bonds. The van der Waals surface area contributed by atoms with E-state index in [1.165, 1.54) is 14.0 Å². The third-order valence-corrected chi connectivity index (χ3v) is 10.9. The maximum atomic E-state index is 14.1. The maximum absolute atomic E-state index is 14.1. The highest BCUT2D eigenvalue weighted by atomic mass is 16.6. The summed E-state index contributed by atoms with van der Waals surface area (Å²) in [6, 6.07) is 0. The molecule has 1 N–H and O–H groups in total. The molecule has 9 nitrogen and oxygen atoms in total. The quantitative estimate of drug-likeness (QED) is 0.441. The number of ether oxygens (including phenoxy) is 3. The molecule has 4 aliphatic rings. The summed E-state index contributed by atoms with van der Waals surface area (Å²) in [5.41, 5.74) is -8.13. The minimum absolute atomic E-state index is 0.0453. The number of aliphatic hydroxyl groups excluding tert-OH is 1. The lowest BCUT2D eigenvalue weighted by Gasteiger charge is -2.69. The van der Waals surface area contributed by atoms with E-state index in [1.807, 2.05) is 6.92 Å². The molecule has 9 heteroatoms. The number of carbonyl (C=O) groups excluding carboxylic acids is 5. The molecule has 0 bridgehead atoms. The Morgan fingerprint density at radius 3 is 2.08 bits per heavy atom. The monoisotopic (exact) mass is 506 g/mol. The van der Waals surface area contributed by atoms with Crippen LogP contribution in [0.2, 0.25) is 0 Å². The van der Waals surface area contributed by atoms with Crippen molar-refractivity contribution >= 4 is 29.3 Å². The highest BCUT2D eigenvalue weighted by molar-refractivity contribution is 6.13. The fraction of sp³-hybridized carbons (Fsp3) is 0.815. The standard InChI is InChI=1S/C27H38O9/c1-22(2)14(28)10-11-23(3)13-12-24(4)26(6,20(32)27(7,36-24)21(33)35-9)17(19(31)34-8)25(13,5)18(30)15(29)16(22)23/h13,16-18,30H,10-12H2,1-9H3/t13-,16+,17+,18+,23-,24+,25-,26+,27-/m0/s1. The van der Waals surface area contributed by atoms with Crippen molar-refractivity contribution < 1.29 is 43.3 Å². The topological polar surface area (TPSA) is 133 Å². The molecule has 0 radical (unpaired) electrons. The van der Waals surface area contributed by atoms with Crippen molar-refractivity contribution in [3.63, 3.8) is 0 Å². The Balaban J connectivity index is 2.02. The third kappa shape index (κ3) is 2.71. The van der Waals surface area contributed by atoms with Gasteiger partial charge in [-0.2, -0.15) is 0 Å². The molecular weight excluding hydrogens is 468 g/mol. The summed E-state index contributed by atoms with van der Waals surface area (Å²) < 4.78 is 16.4. The molecule has 3 aliphatic carbocycles. The van der Waals surface area contributed by atoms with E-state index >= 15 is 0 Å². The van der Waals surface area contributed by atoms with Gasteiger partial charge >= 0.3 is 11.9 Å². The van der Waals surface area contributed by atoms with Crippen LogP contribution in [0.4, 0.5) is 0 Å². The van der Waals surface area contributed by atoms with Crippen molar-refractivity contribution in [3.05, 3.63) is 0 Å². The molecule has 4 rings (SSSR count). The van der Waals surface area contributed by atoms with E-state index in [0.29, 0.717) is 6.42 Å². The molecular formula is C27H38O9. The number of hydrogen-bond donors (Lipinski definition) is 1. The van der Waals surface area contributed by atoms with Gasteiger partial charge < -0.3 is 19.3 Å². The average Bonchev–Trinajstić information content (AvgIpc) is 2.96. The van der Waals surface area contributed by atoms with Gasteiger partial charge in [0.2, 0.25) is 5.60 Å². The van der Waals surface area contributed by atoms with Crippen LogP contribution in [0.15, 0.2) is 0 Å². The Morgan fingerprint density at radius 2 is 1.56 bits per heavy atom. The van der Waals surface area contributed by atoms with Gasteiger partial charge in [0.25, 0.3) is 0 Å². The van der Waals surface area contributed by atoms with E-state index in [-0.39, 0.29) is 18.6 Å². The molecule has 0 spiro atoms. The van der Waals surface area contributed by atoms with Crippen LogP contribution in [0.25, 0.3) is 0 Å². The summed E-state index contributed by atoms with van der Waals surface area (Å²) in [6.45, 7) is 11.7. The minimum atomic E-state index is -1.98. The molecule has 0 aromatic carbocycles. The molecule has 0 aromatic heterocycles. The number of methoxy groups -OCH3 is 2. The zero-order valence-corrected chi connectivity index (χ0v) is 22.6. The first-order chi connectivity index (χ1) is 16.4. The molecule has 0 unspecified atom stereocenters. The van der Waals surface area contributed by atoms with Crippen LogP contribution in [0.3, 0.4) is 0 Å². The van der Waals surface area contributed by atoms with Crippen molar-refractivity contribution in [1.29, 1.82) is 0 Å². The lowest BCUT2D eigenvalue weighted by molar-refractivity contribution is -0.261. The van der Waals surface area contributed by atoms with Crippen molar-refractivity contribution in [3.8, 4) is 0 Å². The van der Waals surface area contributed by atoms with Gasteiger partial charge in [0.05, 0.1) is 31.2 Å². The first-order valence-electron chi connectivity index (χ1n) is 12.5. The van der Waals surface area contributed by atoms with Gasteiger partial charge in [-0.15, -0.1) is 0 Å². The van der Waals surface area contributed by atoms with Crippen LogP contribution in [0, 0.1) is 39.4 Å². The zero-order valence-electron chi connectivity index (χ0n) is 22.6. The molecule has 200 valence electrons. The molecule has 0 aromatic rings. The zero-order chi connectivity index (χ0) is 27.4. The number of ketones is 3. The van der Waals surface area contributed by atoms with E-state index < -0.39 is 80.2 Å². The largest absolute Gasteiger partial charge is 0.469 e. The van der Waals surface area contributed by atoms with Crippen LogP contribution < -0.4 is 0 Å². The second-order valence-electron chi connectivity index (χ2n) is 12.9. The van der Waals surface area contributed by atoms with Gasteiger partial charge in [-0.3, -0.25) is 19.2 Å². The van der Waals surface area contributed by atoms with Crippen molar-refractivity contribution in [2.75, 3.05) is 14.2 Å². The van der Waals surface area contributed by atoms with Crippen molar-refractivity contribution in [2.24, 2.45) is 39.4 Å². The van der Waals surface area contributed by atoms with E-state index in [0.717, 1.165) is 7.11 Å². The number of esters is 2. The van der Waals surface area contributed by atoms with Gasteiger partial charge in [-0.1, -0.05) is 27.7 Å². The third-order valence-electron chi connectivity index (χ3n) is 10.9. The highest BCUT2D eigenvalue weighted by Gasteiger charge is 2.82. The average molecular weight is 507 g/mol. The summed E-state index contributed by atoms with van der Waals surface area (Å²) in [7, 11) is 2.35. The normalized spacial score (nSPS) is 49.6. The number of rotatable bonds is 2. The predicted octanol–water partition coefficient (Wildman–Crippen LogP) is 2.05. The molecule has 1 aliphatic heterocycles. The predicted molar refractivity (Wildman–Crippen MR) is 125 cm³/mol.